The Morgan fingerprint density at radius 2 is 2.12 bits per heavy atom. The first-order valence-electron chi connectivity index (χ1n) is 8.97. The van der Waals surface area contributed by atoms with Crippen molar-refractivity contribution in [3.05, 3.63) is 42.4 Å². The van der Waals surface area contributed by atoms with E-state index in [-0.39, 0.29) is 17.8 Å². The van der Waals surface area contributed by atoms with Gasteiger partial charge in [0.2, 0.25) is 5.95 Å². The molecule has 0 spiro atoms. The van der Waals surface area contributed by atoms with Gasteiger partial charge < -0.3 is 9.64 Å². The largest absolute Gasteiger partial charge is 0.372 e. The highest BCUT2D eigenvalue weighted by molar-refractivity contribution is 9.11. The van der Waals surface area contributed by atoms with Crippen LogP contribution in [0.1, 0.15) is 30.0 Å². The molecule has 2 aliphatic rings. The number of anilines is 1. The molecule has 140 valence electrons. The number of hydrogen-bond acceptors (Lipinski definition) is 6. The van der Waals surface area contributed by atoms with E-state index < -0.39 is 0 Å². The van der Waals surface area contributed by atoms with Crippen molar-refractivity contribution in [2.45, 2.75) is 45.6 Å². The number of nitrogens with one attached hydrogen (secondary N) is 1. The van der Waals surface area contributed by atoms with Crippen molar-refractivity contribution in [2.75, 3.05) is 24.5 Å². The molecule has 4 rings (SSSR count). The molecule has 26 heavy (non-hydrogen) atoms. The third kappa shape index (κ3) is 3.88. The second-order valence-corrected chi connectivity index (χ2v) is 9.69. The van der Waals surface area contributed by atoms with Gasteiger partial charge in [0.25, 0.3) is 5.56 Å². The third-order valence-corrected chi connectivity index (χ3v) is 6.48. The zero-order valence-corrected chi connectivity index (χ0v) is 17.4. The molecule has 2 aromatic heterocycles. The number of nitrogens with zero attached hydrogens (tertiary/aromatic N) is 3. The number of fused-ring (bicyclic) bond motifs is 1. The Kier molecular flexibility index (Phi) is 5.18. The topological polar surface area (TPSA) is 61.5 Å². The Bertz CT molecular complexity index is 842. The summed E-state index contributed by atoms with van der Waals surface area (Å²) in [5.41, 5.74) is 1.76. The Morgan fingerprint density at radius 1 is 1.35 bits per heavy atom. The van der Waals surface area contributed by atoms with Crippen molar-refractivity contribution in [1.82, 2.24) is 14.9 Å². The molecule has 1 N–H and O–H groups in total. The summed E-state index contributed by atoms with van der Waals surface area (Å²) in [5.74, 6) is 0.677. The van der Waals surface area contributed by atoms with Gasteiger partial charge in [-0.25, -0.2) is 4.98 Å². The predicted octanol–water partition coefficient (Wildman–Crippen LogP) is 2.77. The number of aromatic amines is 1. The molecule has 0 radical (unpaired) electrons. The summed E-state index contributed by atoms with van der Waals surface area (Å²) < 4.78 is 6.94. The predicted molar refractivity (Wildman–Crippen MR) is 107 cm³/mol. The van der Waals surface area contributed by atoms with Crippen LogP contribution < -0.4 is 10.5 Å². The number of hydrogen-bond donors (Lipinski definition) is 1. The molecule has 4 heterocycles. The lowest BCUT2D eigenvalue weighted by atomic mass is 10.1. The van der Waals surface area contributed by atoms with Crippen molar-refractivity contribution in [1.29, 1.82) is 0 Å². The Morgan fingerprint density at radius 3 is 2.81 bits per heavy atom. The maximum Gasteiger partial charge on any atom is 0.255 e. The number of H-pyrrole nitrogens is 1. The third-order valence-electron chi connectivity index (χ3n) is 4.87. The minimum absolute atomic E-state index is 0.00955. The average Bonchev–Trinajstić information content (AvgIpc) is 2.98. The van der Waals surface area contributed by atoms with E-state index in [1.54, 1.807) is 11.3 Å². The highest BCUT2D eigenvalue weighted by Crippen LogP contribution is 2.25. The number of aromatic nitrogens is 2. The maximum absolute atomic E-state index is 12.6. The minimum atomic E-state index is 0.00955. The molecular weight excluding hydrogens is 416 g/mol. The molecule has 2 aliphatic heterocycles. The van der Waals surface area contributed by atoms with Gasteiger partial charge in [-0.3, -0.25) is 14.7 Å². The summed E-state index contributed by atoms with van der Waals surface area (Å²) in [4.78, 5) is 26.2. The minimum Gasteiger partial charge on any atom is -0.372 e. The zero-order chi connectivity index (χ0) is 18.3. The Balaban J connectivity index is 1.55. The van der Waals surface area contributed by atoms with E-state index in [0.717, 1.165) is 54.2 Å². The van der Waals surface area contributed by atoms with Crippen molar-refractivity contribution in [2.24, 2.45) is 0 Å². The number of morpholine rings is 1. The molecule has 1 saturated heterocycles. The summed E-state index contributed by atoms with van der Waals surface area (Å²) in [6.07, 6.45) is 1.02. The van der Waals surface area contributed by atoms with Crippen LogP contribution in [0, 0.1) is 0 Å². The molecule has 0 aromatic carbocycles. The number of halogens is 1. The molecule has 0 saturated carbocycles. The van der Waals surface area contributed by atoms with Crippen LogP contribution in [0.5, 0.6) is 0 Å². The van der Waals surface area contributed by atoms with Gasteiger partial charge in [-0.2, -0.15) is 0 Å². The molecule has 0 unspecified atom stereocenters. The van der Waals surface area contributed by atoms with Gasteiger partial charge >= 0.3 is 0 Å². The lowest BCUT2D eigenvalue weighted by molar-refractivity contribution is -0.00576. The van der Waals surface area contributed by atoms with Crippen molar-refractivity contribution >= 4 is 33.2 Å². The van der Waals surface area contributed by atoms with Gasteiger partial charge in [0, 0.05) is 43.2 Å². The summed E-state index contributed by atoms with van der Waals surface area (Å²) in [6.45, 7) is 8.11. The van der Waals surface area contributed by atoms with Crippen LogP contribution in [0.25, 0.3) is 0 Å². The molecular formula is C18H23BrN4O2S. The fraction of sp³-hybridized carbons (Fsp3) is 0.556. The van der Waals surface area contributed by atoms with Gasteiger partial charge in [0.15, 0.2) is 0 Å². The van der Waals surface area contributed by atoms with Gasteiger partial charge in [-0.15, -0.1) is 11.3 Å². The Labute approximate surface area is 165 Å². The highest BCUT2D eigenvalue weighted by atomic mass is 79.9. The summed E-state index contributed by atoms with van der Waals surface area (Å²) >= 11 is 5.28. The van der Waals surface area contributed by atoms with E-state index in [1.165, 1.54) is 4.88 Å². The Hall–Kier alpha value is -1.22. The van der Waals surface area contributed by atoms with Gasteiger partial charge in [-0.05, 0) is 48.3 Å². The second-order valence-electron chi connectivity index (χ2n) is 7.14. The first-order valence-corrected chi connectivity index (χ1v) is 10.6. The lowest BCUT2D eigenvalue weighted by Gasteiger charge is -2.36. The van der Waals surface area contributed by atoms with Crippen LogP contribution in [-0.2, 0) is 24.2 Å². The summed E-state index contributed by atoms with van der Waals surface area (Å²) in [6, 6.07) is 4.23. The van der Waals surface area contributed by atoms with E-state index >= 15 is 0 Å². The average molecular weight is 439 g/mol. The molecule has 2 aromatic rings. The lowest BCUT2D eigenvalue weighted by Crippen LogP contribution is -2.47. The molecule has 0 bridgehead atoms. The van der Waals surface area contributed by atoms with Gasteiger partial charge in [0.05, 0.1) is 21.7 Å². The van der Waals surface area contributed by atoms with Crippen molar-refractivity contribution < 1.29 is 4.74 Å². The van der Waals surface area contributed by atoms with E-state index in [2.05, 4.69) is 56.7 Å². The normalized spacial score (nSPS) is 23.9. The highest BCUT2D eigenvalue weighted by Gasteiger charge is 2.27. The fourth-order valence-corrected chi connectivity index (χ4v) is 5.30. The number of ether oxygens (including phenoxy) is 1. The fourth-order valence-electron chi connectivity index (χ4n) is 3.77. The van der Waals surface area contributed by atoms with E-state index in [9.17, 15) is 4.79 Å². The van der Waals surface area contributed by atoms with Gasteiger partial charge in [0.1, 0.15) is 0 Å². The van der Waals surface area contributed by atoms with Crippen LogP contribution in [0.2, 0.25) is 0 Å². The molecule has 2 atom stereocenters. The monoisotopic (exact) mass is 438 g/mol. The quantitative estimate of drug-likeness (QED) is 0.797. The number of thiophene rings is 1. The molecule has 0 aliphatic carbocycles. The SMILES string of the molecule is C[C@@H]1CN(c2nc3c(c(=O)[nH]2)CCN(Cc2ccc(Br)s2)C3)C[C@@H](C)O1. The summed E-state index contributed by atoms with van der Waals surface area (Å²) in [7, 11) is 0. The van der Waals surface area contributed by atoms with Crippen molar-refractivity contribution in [3.63, 3.8) is 0 Å². The molecule has 6 nitrogen and oxygen atoms in total. The number of rotatable bonds is 3. The zero-order valence-electron chi connectivity index (χ0n) is 15.0. The van der Waals surface area contributed by atoms with E-state index in [4.69, 9.17) is 9.72 Å². The van der Waals surface area contributed by atoms with Crippen LogP contribution in [0.3, 0.4) is 0 Å². The van der Waals surface area contributed by atoms with Crippen LogP contribution >= 0.6 is 27.3 Å². The second kappa shape index (κ2) is 7.42. The standard InChI is InChI=1S/C18H23BrN4O2S/c1-11-7-23(8-12(2)25-11)18-20-15-10-22(6-5-14(15)17(24)21-18)9-13-3-4-16(19)26-13/h3-4,11-12H,5-10H2,1-2H3,(H,20,21,24)/t11-,12-/m1/s1. The van der Waals surface area contributed by atoms with Crippen LogP contribution in [0.4, 0.5) is 5.95 Å². The molecule has 1 fully saturated rings. The first kappa shape index (κ1) is 18.2. The molecule has 8 heteroatoms. The van der Waals surface area contributed by atoms with Gasteiger partial charge in [-0.1, -0.05) is 0 Å². The van der Waals surface area contributed by atoms with E-state index in [1.807, 2.05) is 0 Å². The summed E-state index contributed by atoms with van der Waals surface area (Å²) in [5, 5.41) is 0. The van der Waals surface area contributed by atoms with Crippen LogP contribution in [0.15, 0.2) is 20.7 Å². The molecule has 0 amide bonds. The smallest absolute Gasteiger partial charge is 0.255 e. The first-order chi connectivity index (χ1) is 12.5. The van der Waals surface area contributed by atoms with Crippen molar-refractivity contribution in [3.8, 4) is 0 Å². The maximum atomic E-state index is 12.6. The van der Waals surface area contributed by atoms with Crippen LogP contribution in [-0.4, -0.2) is 46.7 Å². The van der Waals surface area contributed by atoms with E-state index in [0.29, 0.717) is 5.95 Å².